The normalized spacial score (nSPS) is 12.9. The molecule has 96 valence electrons. The quantitative estimate of drug-likeness (QED) is 0.769. The smallest absolute Gasteiger partial charge is 0.128 e. The fraction of sp³-hybridized carbons (Fsp3) is 0.643. The fourth-order valence-corrected chi connectivity index (χ4v) is 2.97. The van der Waals surface area contributed by atoms with E-state index in [1.807, 2.05) is 13.1 Å². The summed E-state index contributed by atoms with van der Waals surface area (Å²) in [5, 5.41) is 1.02. The van der Waals surface area contributed by atoms with Crippen LogP contribution in [0.3, 0.4) is 0 Å². The molecule has 0 aliphatic rings. The predicted octanol–water partition coefficient (Wildman–Crippen LogP) is 3.92. The van der Waals surface area contributed by atoms with Crippen molar-refractivity contribution in [1.82, 2.24) is 4.98 Å². The van der Waals surface area contributed by atoms with Gasteiger partial charge in [-0.05, 0) is 32.1 Å². The van der Waals surface area contributed by atoms with E-state index in [2.05, 4.69) is 41.7 Å². The molecule has 0 radical (unpaired) electrons. The van der Waals surface area contributed by atoms with E-state index in [0.717, 1.165) is 28.8 Å². The Hall–Kier alpha value is -0.570. The molecule has 2 nitrogen and oxygen atoms in total. The lowest BCUT2D eigenvalue weighted by Gasteiger charge is -2.20. The van der Waals surface area contributed by atoms with Gasteiger partial charge in [0, 0.05) is 28.3 Å². The average Bonchev–Trinajstić information content (AvgIpc) is 2.28. The summed E-state index contributed by atoms with van der Waals surface area (Å²) >= 11 is 3.59. The number of rotatable bonds is 5. The third-order valence-electron chi connectivity index (χ3n) is 3.35. The highest BCUT2D eigenvalue weighted by atomic mass is 79.9. The second-order valence-corrected chi connectivity index (χ2v) is 5.56. The van der Waals surface area contributed by atoms with E-state index < -0.39 is 0 Å². The Kier molecular flexibility index (Phi) is 5.44. The highest BCUT2D eigenvalue weighted by Crippen LogP contribution is 2.27. The third kappa shape index (κ3) is 3.44. The summed E-state index contributed by atoms with van der Waals surface area (Å²) in [6.07, 6.45) is 2.91. The van der Waals surface area contributed by atoms with Crippen molar-refractivity contribution in [2.45, 2.75) is 34.1 Å². The van der Waals surface area contributed by atoms with E-state index in [0.29, 0.717) is 11.8 Å². The minimum atomic E-state index is 0.619. The molecule has 0 spiro atoms. The van der Waals surface area contributed by atoms with Gasteiger partial charge in [-0.3, -0.25) is 4.98 Å². The number of hydrogen-bond donors (Lipinski definition) is 0. The minimum absolute atomic E-state index is 0.619. The Bertz CT molecular complexity index is 377. The average molecular weight is 300 g/mol. The molecule has 1 aromatic heterocycles. The van der Waals surface area contributed by atoms with Crippen molar-refractivity contribution in [3.8, 4) is 5.75 Å². The molecule has 1 unspecified atom stereocenters. The summed E-state index contributed by atoms with van der Waals surface area (Å²) in [5.74, 6) is 2.25. The Morgan fingerprint density at radius 3 is 2.47 bits per heavy atom. The molecular formula is C14H22BrNO. The number of nitrogens with zero attached hydrogens (tertiary/aromatic N) is 1. The van der Waals surface area contributed by atoms with Gasteiger partial charge in [-0.2, -0.15) is 0 Å². The van der Waals surface area contributed by atoms with Crippen LogP contribution in [0.25, 0.3) is 0 Å². The van der Waals surface area contributed by atoms with Crippen LogP contribution in [0.2, 0.25) is 0 Å². The number of aromatic nitrogens is 1. The SMILES string of the molecule is COc1c(C)cnc(CC(CBr)C(C)C)c1C. The van der Waals surface area contributed by atoms with Crippen molar-refractivity contribution in [3.05, 3.63) is 23.0 Å². The van der Waals surface area contributed by atoms with Crippen molar-refractivity contribution in [3.63, 3.8) is 0 Å². The number of alkyl halides is 1. The Morgan fingerprint density at radius 2 is 2.00 bits per heavy atom. The second kappa shape index (κ2) is 6.39. The van der Waals surface area contributed by atoms with Crippen molar-refractivity contribution < 1.29 is 4.74 Å². The standard InChI is InChI=1S/C14H22BrNO/c1-9(2)12(7-15)6-13-11(4)14(17-5)10(3)8-16-13/h8-9,12H,6-7H2,1-5H3. The Morgan fingerprint density at radius 1 is 1.35 bits per heavy atom. The molecule has 1 atom stereocenters. The van der Waals surface area contributed by atoms with Crippen LogP contribution in [0.1, 0.15) is 30.7 Å². The molecule has 0 aliphatic carbocycles. The van der Waals surface area contributed by atoms with Crippen LogP contribution in [0.4, 0.5) is 0 Å². The zero-order chi connectivity index (χ0) is 13.0. The van der Waals surface area contributed by atoms with Crippen LogP contribution in [0, 0.1) is 25.7 Å². The molecule has 0 amide bonds. The molecule has 0 bridgehead atoms. The topological polar surface area (TPSA) is 22.1 Å². The van der Waals surface area contributed by atoms with Crippen LogP contribution in [-0.4, -0.2) is 17.4 Å². The maximum absolute atomic E-state index is 5.44. The first-order valence-electron chi connectivity index (χ1n) is 6.06. The second-order valence-electron chi connectivity index (χ2n) is 4.91. The van der Waals surface area contributed by atoms with E-state index in [1.165, 1.54) is 5.56 Å². The van der Waals surface area contributed by atoms with Gasteiger partial charge in [0.1, 0.15) is 5.75 Å². The van der Waals surface area contributed by atoms with Crippen LogP contribution in [0.5, 0.6) is 5.75 Å². The number of hydrogen-bond acceptors (Lipinski definition) is 2. The summed E-state index contributed by atoms with van der Waals surface area (Å²) in [6, 6.07) is 0. The lowest BCUT2D eigenvalue weighted by molar-refractivity contribution is 0.400. The lowest BCUT2D eigenvalue weighted by Crippen LogP contribution is -2.15. The van der Waals surface area contributed by atoms with Gasteiger partial charge in [-0.25, -0.2) is 0 Å². The highest BCUT2D eigenvalue weighted by Gasteiger charge is 2.17. The number of aryl methyl sites for hydroxylation is 1. The van der Waals surface area contributed by atoms with Crippen LogP contribution in [0.15, 0.2) is 6.20 Å². The lowest BCUT2D eigenvalue weighted by atomic mass is 9.91. The van der Waals surface area contributed by atoms with Gasteiger partial charge in [0.15, 0.2) is 0 Å². The predicted molar refractivity (Wildman–Crippen MR) is 76.1 cm³/mol. The number of halogens is 1. The Labute approximate surface area is 113 Å². The molecule has 17 heavy (non-hydrogen) atoms. The zero-order valence-electron chi connectivity index (χ0n) is 11.4. The molecule has 0 aromatic carbocycles. The highest BCUT2D eigenvalue weighted by molar-refractivity contribution is 9.09. The van der Waals surface area contributed by atoms with Crippen molar-refractivity contribution in [2.75, 3.05) is 12.4 Å². The van der Waals surface area contributed by atoms with Gasteiger partial charge < -0.3 is 4.74 Å². The summed E-state index contributed by atoms with van der Waals surface area (Å²) in [5.41, 5.74) is 3.44. The largest absolute Gasteiger partial charge is 0.496 e. The first-order chi connectivity index (χ1) is 8.01. The van der Waals surface area contributed by atoms with Crippen molar-refractivity contribution >= 4 is 15.9 Å². The van der Waals surface area contributed by atoms with Crippen LogP contribution in [-0.2, 0) is 6.42 Å². The number of pyridine rings is 1. The molecule has 0 aliphatic heterocycles. The van der Waals surface area contributed by atoms with Crippen molar-refractivity contribution in [2.24, 2.45) is 11.8 Å². The maximum Gasteiger partial charge on any atom is 0.128 e. The van der Waals surface area contributed by atoms with E-state index in [9.17, 15) is 0 Å². The molecule has 0 N–H and O–H groups in total. The fourth-order valence-electron chi connectivity index (χ4n) is 1.99. The van der Waals surface area contributed by atoms with Crippen molar-refractivity contribution in [1.29, 1.82) is 0 Å². The van der Waals surface area contributed by atoms with Gasteiger partial charge in [-0.1, -0.05) is 29.8 Å². The molecule has 0 fully saturated rings. The zero-order valence-corrected chi connectivity index (χ0v) is 13.0. The number of methoxy groups -OCH3 is 1. The molecule has 1 aromatic rings. The maximum atomic E-state index is 5.44. The monoisotopic (exact) mass is 299 g/mol. The summed E-state index contributed by atoms with van der Waals surface area (Å²) in [7, 11) is 1.73. The molecule has 1 heterocycles. The molecular weight excluding hydrogens is 278 g/mol. The van der Waals surface area contributed by atoms with E-state index >= 15 is 0 Å². The molecule has 0 saturated carbocycles. The van der Waals surface area contributed by atoms with E-state index in [4.69, 9.17) is 4.74 Å². The van der Waals surface area contributed by atoms with Gasteiger partial charge in [0.2, 0.25) is 0 Å². The molecule has 0 saturated heterocycles. The summed E-state index contributed by atoms with van der Waals surface area (Å²) in [4.78, 5) is 4.56. The third-order valence-corrected chi connectivity index (χ3v) is 4.18. The van der Waals surface area contributed by atoms with E-state index in [-0.39, 0.29) is 0 Å². The van der Waals surface area contributed by atoms with Gasteiger partial charge in [-0.15, -0.1) is 0 Å². The molecule has 3 heteroatoms. The first-order valence-corrected chi connectivity index (χ1v) is 7.18. The number of ether oxygens (including phenoxy) is 1. The van der Waals surface area contributed by atoms with Gasteiger partial charge in [0.25, 0.3) is 0 Å². The first kappa shape index (κ1) is 14.5. The summed E-state index contributed by atoms with van der Waals surface area (Å²) in [6.45, 7) is 8.65. The Balaban J connectivity index is 2.99. The van der Waals surface area contributed by atoms with Crippen LogP contribution < -0.4 is 4.74 Å². The minimum Gasteiger partial charge on any atom is -0.496 e. The molecule has 1 rings (SSSR count). The van der Waals surface area contributed by atoms with E-state index in [1.54, 1.807) is 7.11 Å². The summed E-state index contributed by atoms with van der Waals surface area (Å²) < 4.78 is 5.44. The van der Waals surface area contributed by atoms with Gasteiger partial charge >= 0.3 is 0 Å². The van der Waals surface area contributed by atoms with Gasteiger partial charge in [0.05, 0.1) is 7.11 Å². The van der Waals surface area contributed by atoms with Crippen LogP contribution >= 0.6 is 15.9 Å².